The molecule has 0 spiro atoms. The van der Waals surface area contributed by atoms with Crippen LogP contribution < -0.4 is 9.64 Å². The molecular formula is C19H17F5N2O2. The van der Waals surface area contributed by atoms with Crippen molar-refractivity contribution in [1.82, 2.24) is 4.90 Å². The molecule has 0 unspecified atom stereocenters. The van der Waals surface area contributed by atoms with Gasteiger partial charge in [0, 0.05) is 26.2 Å². The van der Waals surface area contributed by atoms with Crippen LogP contribution in [0.1, 0.15) is 5.56 Å². The summed E-state index contributed by atoms with van der Waals surface area (Å²) in [5.41, 5.74) is 0.0716. The van der Waals surface area contributed by atoms with E-state index < -0.39 is 34.8 Å². The Labute approximate surface area is 158 Å². The van der Waals surface area contributed by atoms with Crippen molar-refractivity contribution in [2.45, 2.75) is 6.92 Å². The number of halogens is 5. The zero-order chi connectivity index (χ0) is 20.4. The minimum atomic E-state index is -2.19. The van der Waals surface area contributed by atoms with Gasteiger partial charge in [0.1, 0.15) is 11.4 Å². The maximum absolute atomic E-state index is 13.9. The number of hydrogen-bond acceptors (Lipinski definition) is 3. The molecular weight excluding hydrogens is 383 g/mol. The topological polar surface area (TPSA) is 32.8 Å². The Balaban J connectivity index is 1.62. The molecule has 2 aromatic carbocycles. The van der Waals surface area contributed by atoms with Gasteiger partial charge in [0.05, 0.1) is 0 Å². The second kappa shape index (κ2) is 8.04. The molecule has 1 saturated heterocycles. The molecule has 28 heavy (non-hydrogen) atoms. The highest BCUT2D eigenvalue weighted by atomic mass is 19.2. The van der Waals surface area contributed by atoms with E-state index in [4.69, 9.17) is 4.74 Å². The van der Waals surface area contributed by atoms with E-state index >= 15 is 0 Å². The number of anilines is 1. The molecule has 9 heteroatoms. The van der Waals surface area contributed by atoms with E-state index in [1.165, 1.54) is 4.90 Å². The van der Waals surface area contributed by atoms with Crippen LogP contribution in [0.5, 0.6) is 5.75 Å². The van der Waals surface area contributed by atoms with Crippen LogP contribution in [0, 0.1) is 36.0 Å². The van der Waals surface area contributed by atoms with Crippen molar-refractivity contribution in [2.75, 3.05) is 37.7 Å². The van der Waals surface area contributed by atoms with Crippen molar-refractivity contribution in [3.63, 3.8) is 0 Å². The zero-order valence-corrected chi connectivity index (χ0v) is 14.9. The molecule has 0 aliphatic carbocycles. The highest BCUT2D eigenvalue weighted by Crippen LogP contribution is 2.30. The summed E-state index contributed by atoms with van der Waals surface area (Å²) in [7, 11) is 0. The van der Waals surface area contributed by atoms with Crippen LogP contribution in [0.2, 0.25) is 0 Å². The van der Waals surface area contributed by atoms with Crippen LogP contribution in [0.25, 0.3) is 0 Å². The summed E-state index contributed by atoms with van der Waals surface area (Å²) in [6, 6.07) is 7.12. The van der Waals surface area contributed by atoms with E-state index in [1.54, 1.807) is 12.1 Å². The molecule has 1 fully saturated rings. The summed E-state index contributed by atoms with van der Waals surface area (Å²) in [6.07, 6.45) is 0. The molecule has 2 aromatic rings. The number of piperazine rings is 1. The van der Waals surface area contributed by atoms with Crippen molar-refractivity contribution in [1.29, 1.82) is 0 Å². The van der Waals surface area contributed by atoms with E-state index in [9.17, 15) is 26.7 Å². The van der Waals surface area contributed by atoms with E-state index in [1.807, 2.05) is 19.1 Å². The van der Waals surface area contributed by atoms with Crippen molar-refractivity contribution < 1.29 is 31.5 Å². The van der Waals surface area contributed by atoms with Crippen LogP contribution in [0.15, 0.2) is 24.3 Å². The molecule has 1 amide bonds. The van der Waals surface area contributed by atoms with E-state index in [0.717, 1.165) is 10.5 Å². The summed E-state index contributed by atoms with van der Waals surface area (Å²) in [5, 5.41) is 0. The van der Waals surface area contributed by atoms with Gasteiger partial charge in [-0.1, -0.05) is 17.7 Å². The molecule has 0 radical (unpaired) electrons. The second-order valence-electron chi connectivity index (χ2n) is 6.39. The maximum Gasteiger partial charge on any atom is 0.260 e. The molecule has 1 heterocycles. The average molecular weight is 400 g/mol. The third kappa shape index (κ3) is 3.88. The van der Waals surface area contributed by atoms with Crippen molar-refractivity contribution in [2.24, 2.45) is 0 Å². The van der Waals surface area contributed by atoms with Gasteiger partial charge in [-0.15, -0.1) is 0 Å². The predicted molar refractivity (Wildman–Crippen MR) is 91.7 cm³/mol. The van der Waals surface area contributed by atoms with Crippen LogP contribution in [-0.2, 0) is 4.79 Å². The summed E-state index contributed by atoms with van der Waals surface area (Å²) in [6.45, 7) is 1.68. The minimum absolute atomic E-state index is 0.0651. The van der Waals surface area contributed by atoms with E-state index in [2.05, 4.69) is 0 Å². The first-order valence-corrected chi connectivity index (χ1v) is 8.53. The third-order valence-corrected chi connectivity index (χ3v) is 4.52. The first kappa shape index (κ1) is 19.9. The SMILES string of the molecule is Cc1ccc(OCC(=O)N2CCN(c3c(F)c(F)c(F)c(F)c3F)CC2)cc1. The van der Waals surface area contributed by atoms with Gasteiger partial charge in [0.15, 0.2) is 29.9 Å². The molecule has 150 valence electrons. The molecule has 0 N–H and O–H groups in total. The number of carbonyl (C=O) groups is 1. The van der Waals surface area contributed by atoms with E-state index in [-0.39, 0.29) is 38.7 Å². The standard InChI is InChI=1S/C19H17F5N2O2/c1-11-2-4-12(5-3-11)28-10-13(27)25-6-8-26(9-7-25)19-17(23)15(21)14(20)16(22)18(19)24/h2-5H,6-10H2,1H3. The van der Waals surface area contributed by atoms with Crippen molar-refractivity contribution in [3.8, 4) is 5.75 Å². The first-order chi connectivity index (χ1) is 13.3. The van der Waals surface area contributed by atoms with Gasteiger partial charge < -0.3 is 14.5 Å². The molecule has 1 aliphatic heterocycles. The summed E-state index contributed by atoms with van der Waals surface area (Å²) < 4.78 is 73.2. The monoisotopic (exact) mass is 400 g/mol. The van der Waals surface area contributed by atoms with Crippen molar-refractivity contribution in [3.05, 3.63) is 58.9 Å². The Morgan fingerprint density at radius 3 is 1.89 bits per heavy atom. The van der Waals surface area contributed by atoms with Crippen LogP contribution in [0.4, 0.5) is 27.6 Å². The number of ether oxygens (including phenoxy) is 1. The smallest absolute Gasteiger partial charge is 0.260 e. The van der Waals surface area contributed by atoms with Crippen LogP contribution >= 0.6 is 0 Å². The number of amides is 1. The molecule has 0 bridgehead atoms. The number of benzene rings is 2. The number of carbonyl (C=O) groups excluding carboxylic acids is 1. The van der Waals surface area contributed by atoms with Crippen molar-refractivity contribution >= 4 is 11.6 Å². The molecule has 0 saturated carbocycles. The molecule has 0 atom stereocenters. The number of aryl methyl sites for hydroxylation is 1. The first-order valence-electron chi connectivity index (χ1n) is 8.53. The highest BCUT2D eigenvalue weighted by Gasteiger charge is 2.31. The largest absolute Gasteiger partial charge is 0.484 e. The lowest BCUT2D eigenvalue weighted by molar-refractivity contribution is -0.133. The van der Waals surface area contributed by atoms with Gasteiger partial charge >= 0.3 is 0 Å². The van der Waals surface area contributed by atoms with Gasteiger partial charge in [-0.05, 0) is 19.1 Å². The lowest BCUT2D eigenvalue weighted by Crippen LogP contribution is -2.50. The second-order valence-corrected chi connectivity index (χ2v) is 6.39. The molecule has 1 aliphatic rings. The fraction of sp³-hybridized carbons (Fsp3) is 0.316. The van der Waals surface area contributed by atoms with Gasteiger partial charge in [0.25, 0.3) is 5.91 Å². The molecule has 3 rings (SSSR count). The average Bonchev–Trinajstić information content (AvgIpc) is 2.71. The van der Waals surface area contributed by atoms with E-state index in [0.29, 0.717) is 5.75 Å². The maximum atomic E-state index is 13.9. The van der Waals surface area contributed by atoms with Crippen LogP contribution in [-0.4, -0.2) is 43.6 Å². The third-order valence-electron chi connectivity index (χ3n) is 4.52. The summed E-state index contributed by atoms with van der Waals surface area (Å²) in [4.78, 5) is 14.7. The molecule has 0 aromatic heterocycles. The molecule has 4 nitrogen and oxygen atoms in total. The Bertz CT molecular complexity index is 852. The number of nitrogens with zero attached hydrogens (tertiary/aromatic N) is 2. The van der Waals surface area contributed by atoms with Crippen LogP contribution in [0.3, 0.4) is 0 Å². The Morgan fingerprint density at radius 2 is 1.36 bits per heavy atom. The summed E-state index contributed by atoms with van der Waals surface area (Å²) in [5.74, 6) is -9.73. The zero-order valence-electron chi connectivity index (χ0n) is 14.9. The fourth-order valence-corrected chi connectivity index (χ4v) is 2.92. The van der Waals surface area contributed by atoms with Gasteiger partial charge in [-0.25, -0.2) is 22.0 Å². The summed E-state index contributed by atoms with van der Waals surface area (Å²) >= 11 is 0. The minimum Gasteiger partial charge on any atom is -0.484 e. The Hall–Kier alpha value is -2.84. The highest BCUT2D eigenvalue weighted by molar-refractivity contribution is 5.78. The Morgan fingerprint density at radius 1 is 0.857 bits per heavy atom. The lowest BCUT2D eigenvalue weighted by Gasteiger charge is -2.36. The van der Waals surface area contributed by atoms with Gasteiger partial charge in [-0.3, -0.25) is 4.79 Å². The fourth-order valence-electron chi connectivity index (χ4n) is 2.92. The number of rotatable bonds is 4. The quantitative estimate of drug-likeness (QED) is 0.448. The van der Waals surface area contributed by atoms with Gasteiger partial charge in [0.2, 0.25) is 5.82 Å². The lowest BCUT2D eigenvalue weighted by atomic mass is 10.2. The Kier molecular flexibility index (Phi) is 5.71. The van der Waals surface area contributed by atoms with Gasteiger partial charge in [-0.2, -0.15) is 0 Å². The normalized spacial score (nSPS) is 14.4. The predicted octanol–water partition coefficient (Wildman–Crippen LogP) is 3.42. The number of hydrogen-bond donors (Lipinski definition) is 0.